The van der Waals surface area contributed by atoms with Crippen molar-refractivity contribution >= 4 is 5.91 Å². The zero-order valence-electron chi connectivity index (χ0n) is 11.6. The summed E-state index contributed by atoms with van der Waals surface area (Å²) >= 11 is 0. The van der Waals surface area contributed by atoms with E-state index in [2.05, 4.69) is 0 Å². The zero-order valence-corrected chi connectivity index (χ0v) is 11.6. The first kappa shape index (κ1) is 13.6. The van der Waals surface area contributed by atoms with Crippen LogP contribution in [0.25, 0.3) is 0 Å². The molecule has 0 saturated heterocycles. The van der Waals surface area contributed by atoms with Gasteiger partial charge < -0.3 is 10.0 Å². The molecule has 0 aliphatic heterocycles. The van der Waals surface area contributed by atoms with Crippen LogP contribution in [0, 0.1) is 17.7 Å². The van der Waals surface area contributed by atoms with Gasteiger partial charge in [0.1, 0.15) is 5.82 Å². The van der Waals surface area contributed by atoms with Crippen LogP contribution in [-0.2, 0) is 4.79 Å². The molecular weight excluding hydrogens is 257 g/mol. The van der Waals surface area contributed by atoms with Crippen LogP contribution in [0.2, 0.25) is 0 Å². The van der Waals surface area contributed by atoms with Crippen molar-refractivity contribution in [3.8, 4) is 0 Å². The van der Waals surface area contributed by atoms with E-state index in [9.17, 15) is 14.3 Å². The molecular formula is C16H20FNO2. The third kappa shape index (κ3) is 2.85. The molecule has 2 saturated carbocycles. The molecule has 3 atom stereocenters. The van der Waals surface area contributed by atoms with Gasteiger partial charge in [-0.1, -0.05) is 12.1 Å². The van der Waals surface area contributed by atoms with Crippen LogP contribution in [0.5, 0.6) is 0 Å². The second-order valence-electron chi connectivity index (χ2n) is 6.13. The van der Waals surface area contributed by atoms with Crippen molar-refractivity contribution < 1.29 is 14.3 Å². The maximum Gasteiger partial charge on any atom is 0.226 e. The molecule has 1 aromatic carbocycles. The summed E-state index contributed by atoms with van der Waals surface area (Å²) in [6.45, 7) is 0.413. The monoisotopic (exact) mass is 277 g/mol. The van der Waals surface area contributed by atoms with Crippen LogP contribution in [-0.4, -0.2) is 35.6 Å². The highest BCUT2D eigenvalue weighted by molar-refractivity contribution is 5.82. The molecule has 0 heterocycles. The number of rotatable bonds is 5. The number of halogens is 1. The summed E-state index contributed by atoms with van der Waals surface area (Å²) in [5.74, 6) is 0.285. The predicted molar refractivity (Wildman–Crippen MR) is 73.6 cm³/mol. The minimum atomic E-state index is -0.393. The van der Waals surface area contributed by atoms with Crippen molar-refractivity contribution in [3.05, 3.63) is 35.6 Å². The van der Waals surface area contributed by atoms with E-state index in [0.717, 1.165) is 24.8 Å². The average molecular weight is 277 g/mol. The van der Waals surface area contributed by atoms with Crippen molar-refractivity contribution in [2.45, 2.75) is 31.3 Å². The van der Waals surface area contributed by atoms with Gasteiger partial charge in [-0.05, 0) is 48.8 Å². The van der Waals surface area contributed by atoms with E-state index < -0.39 is 6.10 Å². The second-order valence-corrected chi connectivity index (χ2v) is 6.13. The molecule has 1 amide bonds. The van der Waals surface area contributed by atoms with Crippen LogP contribution >= 0.6 is 0 Å². The molecule has 4 heteroatoms. The van der Waals surface area contributed by atoms with E-state index in [1.54, 1.807) is 18.0 Å². The quantitative estimate of drug-likeness (QED) is 0.896. The standard InChI is InChI=1S/C16H20FNO2/c1-18(9-15(19)10-5-6-10)16(20)14-8-13(14)11-3-2-4-12(17)7-11/h2-4,7,10,13-15,19H,5-6,8-9H2,1H3/t13-,14-,15-/m0/s1. The normalized spacial score (nSPS) is 26.1. The molecule has 3 rings (SSSR count). The Balaban J connectivity index is 1.56. The molecule has 108 valence electrons. The van der Waals surface area contributed by atoms with Gasteiger partial charge in [0.15, 0.2) is 0 Å². The molecule has 0 radical (unpaired) electrons. The molecule has 0 unspecified atom stereocenters. The highest BCUT2D eigenvalue weighted by Gasteiger charge is 2.45. The summed E-state index contributed by atoms with van der Waals surface area (Å²) < 4.78 is 13.2. The summed E-state index contributed by atoms with van der Waals surface area (Å²) in [6.07, 6.45) is 2.53. The lowest BCUT2D eigenvalue weighted by atomic mass is 10.1. The Morgan fingerprint density at radius 2 is 2.25 bits per heavy atom. The Morgan fingerprint density at radius 1 is 1.50 bits per heavy atom. The lowest BCUT2D eigenvalue weighted by Gasteiger charge is -2.21. The Kier molecular flexibility index (Phi) is 3.50. The van der Waals surface area contributed by atoms with E-state index in [1.165, 1.54) is 12.1 Å². The first-order chi connectivity index (χ1) is 9.56. The fourth-order valence-corrected chi connectivity index (χ4v) is 2.86. The smallest absolute Gasteiger partial charge is 0.226 e. The highest BCUT2D eigenvalue weighted by Crippen LogP contribution is 2.48. The number of carbonyl (C=O) groups excluding carboxylic acids is 1. The van der Waals surface area contributed by atoms with Crippen molar-refractivity contribution in [3.63, 3.8) is 0 Å². The van der Waals surface area contributed by atoms with Crippen LogP contribution in [0.3, 0.4) is 0 Å². The summed E-state index contributed by atoms with van der Waals surface area (Å²) in [7, 11) is 1.74. The second kappa shape index (κ2) is 5.17. The van der Waals surface area contributed by atoms with E-state index in [1.807, 2.05) is 6.07 Å². The molecule has 0 bridgehead atoms. The van der Waals surface area contributed by atoms with E-state index in [0.29, 0.717) is 12.5 Å². The van der Waals surface area contributed by atoms with Gasteiger partial charge in [-0.15, -0.1) is 0 Å². The zero-order chi connectivity index (χ0) is 14.3. The molecule has 0 spiro atoms. The number of amides is 1. The van der Waals surface area contributed by atoms with Crippen molar-refractivity contribution in [1.29, 1.82) is 0 Å². The molecule has 2 aliphatic carbocycles. The molecule has 2 aliphatic rings. The summed E-state index contributed by atoms with van der Waals surface area (Å²) in [5.41, 5.74) is 0.902. The number of nitrogens with zero attached hydrogens (tertiary/aromatic N) is 1. The molecule has 20 heavy (non-hydrogen) atoms. The lowest BCUT2D eigenvalue weighted by molar-refractivity contribution is -0.132. The molecule has 1 N–H and O–H groups in total. The van der Waals surface area contributed by atoms with Crippen molar-refractivity contribution in [2.75, 3.05) is 13.6 Å². The van der Waals surface area contributed by atoms with Crippen LogP contribution in [0.1, 0.15) is 30.7 Å². The third-order valence-corrected chi connectivity index (χ3v) is 4.39. The number of likely N-dealkylation sites (N-methyl/N-ethyl adjacent to an activating group) is 1. The Labute approximate surface area is 118 Å². The molecule has 3 nitrogen and oxygen atoms in total. The fourth-order valence-electron chi connectivity index (χ4n) is 2.86. The summed E-state index contributed by atoms with van der Waals surface area (Å²) in [4.78, 5) is 13.9. The Morgan fingerprint density at radius 3 is 2.90 bits per heavy atom. The minimum absolute atomic E-state index is 0.0480. The maximum atomic E-state index is 13.2. The van der Waals surface area contributed by atoms with Gasteiger partial charge in [-0.2, -0.15) is 0 Å². The SMILES string of the molecule is CN(C[C@H](O)C1CC1)C(=O)[C@H]1C[C@H]1c1cccc(F)c1. The number of aliphatic hydroxyl groups is 1. The topological polar surface area (TPSA) is 40.5 Å². The van der Waals surface area contributed by atoms with Crippen LogP contribution < -0.4 is 0 Å². The first-order valence-corrected chi connectivity index (χ1v) is 7.24. The van der Waals surface area contributed by atoms with Gasteiger partial charge in [0.25, 0.3) is 0 Å². The maximum absolute atomic E-state index is 13.2. The lowest BCUT2D eigenvalue weighted by Crippen LogP contribution is -2.36. The summed E-state index contributed by atoms with van der Waals surface area (Å²) in [6, 6.07) is 6.49. The number of aliphatic hydroxyl groups excluding tert-OH is 1. The Bertz CT molecular complexity index is 515. The van der Waals surface area contributed by atoms with Gasteiger partial charge in [0.05, 0.1) is 6.10 Å². The summed E-state index contributed by atoms with van der Waals surface area (Å²) in [5, 5.41) is 9.89. The fraction of sp³-hybridized carbons (Fsp3) is 0.562. The van der Waals surface area contributed by atoms with Gasteiger partial charge in [-0.3, -0.25) is 4.79 Å². The average Bonchev–Trinajstić information content (AvgIpc) is 3.29. The van der Waals surface area contributed by atoms with Gasteiger partial charge in [0, 0.05) is 19.5 Å². The third-order valence-electron chi connectivity index (χ3n) is 4.39. The number of benzene rings is 1. The molecule has 2 fully saturated rings. The van der Waals surface area contributed by atoms with Gasteiger partial charge in [-0.25, -0.2) is 4.39 Å². The van der Waals surface area contributed by atoms with Crippen molar-refractivity contribution in [2.24, 2.45) is 11.8 Å². The Hall–Kier alpha value is -1.42. The van der Waals surface area contributed by atoms with Gasteiger partial charge in [0.2, 0.25) is 5.91 Å². The van der Waals surface area contributed by atoms with Crippen molar-refractivity contribution in [1.82, 2.24) is 4.90 Å². The van der Waals surface area contributed by atoms with E-state index >= 15 is 0 Å². The van der Waals surface area contributed by atoms with E-state index in [-0.39, 0.29) is 23.6 Å². The number of carbonyl (C=O) groups is 1. The van der Waals surface area contributed by atoms with Crippen LogP contribution in [0.15, 0.2) is 24.3 Å². The van der Waals surface area contributed by atoms with E-state index in [4.69, 9.17) is 0 Å². The minimum Gasteiger partial charge on any atom is -0.391 e. The highest BCUT2D eigenvalue weighted by atomic mass is 19.1. The number of hydrogen-bond acceptors (Lipinski definition) is 2. The predicted octanol–water partition coefficient (Wildman–Crippen LogP) is 2.16. The molecule has 0 aromatic heterocycles. The largest absolute Gasteiger partial charge is 0.391 e. The number of hydrogen-bond donors (Lipinski definition) is 1. The first-order valence-electron chi connectivity index (χ1n) is 7.24. The molecule has 1 aromatic rings. The van der Waals surface area contributed by atoms with Gasteiger partial charge >= 0.3 is 0 Å². The van der Waals surface area contributed by atoms with Crippen LogP contribution in [0.4, 0.5) is 4.39 Å².